The lowest BCUT2D eigenvalue weighted by molar-refractivity contribution is -0.142. The largest absolute Gasteiger partial charge is 0.469 e. The number of benzene rings is 1. The first-order valence-electron chi connectivity index (χ1n) is 6.25. The number of methoxy groups -OCH3 is 2. The van der Waals surface area contributed by atoms with Crippen molar-refractivity contribution in [3.05, 3.63) is 30.3 Å². The van der Waals surface area contributed by atoms with Crippen LogP contribution in [0.25, 0.3) is 0 Å². The van der Waals surface area contributed by atoms with Gasteiger partial charge < -0.3 is 15.2 Å². The lowest BCUT2D eigenvalue weighted by atomic mass is 10.1. The lowest BCUT2D eigenvalue weighted by Crippen LogP contribution is -2.47. The SMILES string of the molecule is COC(=O)C[C@H](N)C(=O)N(CC(=O)OC)c1ccccc1. The molecule has 0 saturated carbocycles. The van der Waals surface area contributed by atoms with Crippen LogP contribution in [0.4, 0.5) is 5.69 Å². The quantitative estimate of drug-likeness (QED) is 0.746. The van der Waals surface area contributed by atoms with E-state index in [2.05, 4.69) is 9.47 Å². The molecule has 1 aromatic carbocycles. The first-order valence-corrected chi connectivity index (χ1v) is 6.25. The van der Waals surface area contributed by atoms with E-state index in [0.717, 1.165) is 0 Å². The number of hydrogen-bond acceptors (Lipinski definition) is 6. The number of amides is 1. The summed E-state index contributed by atoms with van der Waals surface area (Å²) in [6.07, 6.45) is -0.264. The molecule has 0 aromatic heterocycles. The molecular weight excluding hydrogens is 276 g/mol. The van der Waals surface area contributed by atoms with Gasteiger partial charge in [0.15, 0.2) is 0 Å². The molecule has 0 bridgehead atoms. The topological polar surface area (TPSA) is 98.9 Å². The van der Waals surface area contributed by atoms with Crippen molar-refractivity contribution >= 4 is 23.5 Å². The molecule has 2 N–H and O–H groups in total. The second-order valence-corrected chi connectivity index (χ2v) is 4.22. The van der Waals surface area contributed by atoms with E-state index in [1.165, 1.54) is 19.1 Å². The van der Waals surface area contributed by atoms with E-state index < -0.39 is 23.9 Å². The highest BCUT2D eigenvalue weighted by atomic mass is 16.5. The number of nitrogens with zero attached hydrogens (tertiary/aromatic N) is 1. The molecule has 0 spiro atoms. The minimum absolute atomic E-state index is 0.264. The second-order valence-electron chi connectivity index (χ2n) is 4.22. The zero-order valence-electron chi connectivity index (χ0n) is 11.9. The van der Waals surface area contributed by atoms with E-state index >= 15 is 0 Å². The molecule has 0 aliphatic heterocycles. The molecule has 1 amide bonds. The van der Waals surface area contributed by atoms with Gasteiger partial charge in [0.1, 0.15) is 6.54 Å². The maximum Gasteiger partial charge on any atom is 0.325 e. The molecule has 0 aliphatic rings. The van der Waals surface area contributed by atoms with Crippen LogP contribution >= 0.6 is 0 Å². The molecule has 0 saturated heterocycles. The zero-order valence-corrected chi connectivity index (χ0v) is 11.9. The Morgan fingerprint density at radius 2 is 1.67 bits per heavy atom. The van der Waals surface area contributed by atoms with Crippen LogP contribution < -0.4 is 10.6 Å². The highest BCUT2D eigenvalue weighted by Crippen LogP contribution is 2.15. The Morgan fingerprint density at radius 1 is 1.10 bits per heavy atom. The molecule has 1 atom stereocenters. The number of carbonyl (C=O) groups is 3. The molecule has 1 aromatic rings. The van der Waals surface area contributed by atoms with Gasteiger partial charge in [0.2, 0.25) is 5.91 Å². The fourth-order valence-electron chi connectivity index (χ4n) is 1.65. The van der Waals surface area contributed by atoms with Crippen LogP contribution in [-0.2, 0) is 23.9 Å². The van der Waals surface area contributed by atoms with Gasteiger partial charge in [-0.2, -0.15) is 0 Å². The molecule has 7 heteroatoms. The van der Waals surface area contributed by atoms with Gasteiger partial charge in [0.05, 0.1) is 26.7 Å². The molecule has 114 valence electrons. The van der Waals surface area contributed by atoms with Crippen molar-refractivity contribution in [2.24, 2.45) is 5.73 Å². The molecule has 0 fully saturated rings. The van der Waals surface area contributed by atoms with Gasteiger partial charge in [-0.05, 0) is 12.1 Å². The number of carbonyl (C=O) groups excluding carboxylic acids is 3. The molecule has 0 aliphatic carbocycles. The van der Waals surface area contributed by atoms with Gasteiger partial charge >= 0.3 is 11.9 Å². The minimum Gasteiger partial charge on any atom is -0.469 e. The Kier molecular flexibility index (Phi) is 6.35. The maximum absolute atomic E-state index is 12.3. The summed E-state index contributed by atoms with van der Waals surface area (Å²) in [6, 6.07) is 7.44. The molecule has 0 radical (unpaired) electrons. The minimum atomic E-state index is -1.10. The number of esters is 2. The average Bonchev–Trinajstić information content (AvgIpc) is 2.52. The summed E-state index contributed by atoms with van der Waals surface area (Å²) >= 11 is 0. The third-order valence-electron chi connectivity index (χ3n) is 2.78. The van der Waals surface area contributed by atoms with Gasteiger partial charge in [-0.15, -0.1) is 0 Å². The molecular formula is C14H18N2O5. The van der Waals surface area contributed by atoms with Crippen LogP contribution in [0.15, 0.2) is 30.3 Å². The summed E-state index contributed by atoms with van der Waals surface area (Å²) in [6.45, 7) is -0.284. The van der Waals surface area contributed by atoms with E-state index in [4.69, 9.17) is 5.73 Å². The fraction of sp³-hybridized carbons (Fsp3) is 0.357. The van der Waals surface area contributed by atoms with E-state index in [1.807, 2.05) is 0 Å². The standard InChI is InChI=1S/C14H18N2O5/c1-20-12(17)8-11(15)14(19)16(9-13(18)21-2)10-6-4-3-5-7-10/h3-7,11H,8-9,15H2,1-2H3/t11-/m0/s1. The maximum atomic E-state index is 12.3. The monoisotopic (exact) mass is 294 g/mol. The van der Waals surface area contributed by atoms with Crippen LogP contribution in [0.5, 0.6) is 0 Å². The van der Waals surface area contributed by atoms with Gasteiger partial charge in [0.25, 0.3) is 0 Å². The van der Waals surface area contributed by atoms with E-state index in [9.17, 15) is 14.4 Å². The van der Waals surface area contributed by atoms with Gasteiger partial charge in [-0.1, -0.05) is 18.2 Å². The molecule has 1 rings (SSSR count). The summed E-state index contributed by atoms with van der Waals surface area (Å²) in [5, 5.41) is 0. The summed E-state index contributed by atoms with van der Waals surface area (Å²) in [4.78, 5) is 36.2. The number of para-hydroxylation sites is 1. The first-order chi connectivity index (χ1) is 9.99. The molecule has 0 heterocycles. The predicted molar refractivity (Wildman–Crippen MR) is 75.4 cm³/mol. The van der Waals surface area contributed by atoms with E-state index in [1.54, 1.807) is 30.3 Å². The van der Waals surface area contributed by atoms with Crippen LogP contribution in [0, 0.1) is 0 Å². The van der Waals surface area contributed by atoms with Gasteiger partial charge in [-0.25, -0.2) is 0 Å². The third kappa shape index (κ3) is 4.88. The summed E-state index contributed by atoms with van der Waals surface area (Å²) in [5.41, 5.74) is 6.20. The highest BCUT2D eigenvalue weighted by Gasteiger charge is 2.26. The fourth-order valence-corrected chi connectivity index (χ4v) is 1.65. The Morgan fingerprint density at radius 3 is 2.19 bits per heavy atom. The van der Waals surface area contributed by atoms with Crippen LogP contribution in [0.2, 0.25) is 0 Å². The van der Waals surface area contributed by atoms with Gasteiger partial charge in [-0.3, -0.25) is 19.3 Å². The van der Waals surface area contributed by atoms with Crippen molar-refractivity contribution in [3.8, 4) is 0 Å². The highest BCUT2D eigenvalue weighted by molar-refractivity contribution is 6.01. The second kappa shape index (κ2) is 8.01. The first kappa shape index (κ1) is 16.6. The number of hydrogen-bond donors (Lipinski definition) is 1. The summed E-state index contributed by atoms with van der Waals surface area (Å²) in [5.74, 6) is -1.74. The Balaban J connectivity index is 2.93. The van der Waals surface area contributed by atoms with Crippen molar-refractivity contribution in [3.63, 3.8) is 0 Å². The number of anilines is 1. The molecule has 0 unspecified atom stereocenters. The number of rotatable bonds is 6. The Bertz CT molecular complexity index is 503. The van der Waals surface area contributed by atoms with Gasteiger partial charge in [0, 0.05) is 5.69 Å². The summed E-state index contributed by atoms with van der Waals surface area (Å²) < 4.78 is 9.05. The van der Waals surface area contributed by atoms with Crippen LogP contribution in [0.3, 0.4) is 0 Å². The molecule has 21 heavy (non-hydrogen) atoms. The average molecular weight is 294 g/mol. The van der Waals surface area contributed by atoms with E-state index in [0.29, 0.717) is 5.69 Å². The zero-order chi connectivity index (χ0) is 15.8. The molecule has 7 nitrogen and oxygen atoms in total. The van der Waals surface area contributed by atoms with Crippen molar-refractivity contribution in [1.82, 2.24) is 0 Å². The Labute approximate surface area is 122 Å². The van der Waals surface area contributed by atoms with Crippen molar-refractivity contribution in [1.29, 1.82) is 0 Å². The smallest absolute Gasteiger partial charge is 0.325 e. The van der Waals surface area contributed by atoms with Crippen molar-refractivity contribution in [2.45, 2.75) is 12.5 Å². The lowest BCUT2D eigenvalue weighted by Gasteiger charge is -2.24. The Hall–Kier alpha value is -2.41. The third-order valence-corrected chi connectivity index (χ3v) is 2.78. The van der Waals surface area contributed by atoms with Crippen LogP contribution in [-0.4, -0.2) is 44.7 Å². The van der Waals surface area contributed by atoms with Crippen molar-refractivity contribution < 1.29 is 23.9 Å². The van der Waals surface area contributed by atoms with Crippen molar-refractivity contribution in [2.75, 3.05) is 25.7 Å². The number of ether oxygens (including phenoxy) is 2. The normalized spacial score (nSPS) is 11.4. The summed E-state index contributed by atoms with van der Waals surface area (Å²) in [7, 11) is 2.44. The van der Waals surface area contributed by atoms with E-state index in [-0.39, 0.29) is 13.0 Å². The number of nitrogens with two attached hydrogens (primary N) is 1. The van der Waals surface area contributed by atoms with Crippen LogP contribution in [0.1, 0.15) is 6.42 Å². The predicted octanol–water partition coefficient (Wildman–Crippen LogP) is 0.0830.